The molecule has 0 saturated carbocycles. The first-order valence-corrected chi connectivity index (χ1v) is 6.17. The minimum Gasteiger partial charge on any atom is -0.496 e. The van der Waals surface area contributed by atoms with Gasteiger partial charge in [0.15, 0.2) is 0 Å². The predicted octanol–water partition coefficient (Wildman–Crippen LogP) is 2.52. The van der Waals surface area contributed by atoms with Crippen LogP contribution in [0, 0.1) is 6.92 Å². The van der Waals surface area contributed by atoms with E-state index in [0.717, 1.165) is 43.0 Å². The van der Waals surface area contributed by atoms with Crippen molar-refractivity contribution in [3.8, 4) is 11.5 Å². The number of rotatable bonds is 3. The zero-order valence-corrected chi connectivity index (χ0v) is 10.9. The van der Waals surface area contributed by atoms with Crippen molar-refractivity contribution in [1.29, 1.82) is 0 Å². The molecule has 3 nitrogen and oxygen atoms in total. The summed E-state index contributed by atoms with van der Waals surface area (Å²) in [7, 11) is 1.69. The Bertz CT molecular complexity index is 384. The Morgan fingerprint density at radius 1 is 1.24 bits per heavy atom. The predicted molar refractivity (Wildman–Crippen MR) is 68.9 cm³/mol. The quantitative estimate of drug-likeness (QED) is 0.873. The number of ether oxygens (including phenoxy) is 2. The molecule has 0 atom stereocenters. The summed E-state index contributed by atoms with van der Waals surface area (Å²) in [4.78, 5) is 0. The van der Waals surface area contributed by atoms with E-state index in [-0.39, 0.29) is 5.60 Å². The highest BCUT2D eigenvalue weighted by atomic mass is 16.5. The summed E-state index contributed by atoms with van der Waals surface area (Å²) in [6, 6.07) is 6.00. The van der Waals surface area contributed by atoms with Crippen molar-refractivity contribution in [1.82, 2.24) is 5.32 Å². The zero-order valence-electron chi connectivity index (χ0n) is 10.9. The number of aryl methyl sites for hydroxylation is 1. The van der Waals surface area contributed by atoms with Gasteiger partial charge in [-0.05, 0) is 63.5 Å². The Morgan fingerprint density at radius 3 is 2.53 bits per heavy atom. The molecule has 2 rings (SSSR count). The van der Waals surface area contributed by atoms with E-state index in [1.165, 1.54) is 0 Å². The molecule has 1 N–H and O–H groups in total. The molecular formula is C14H21NO2. The SMILES string of the molecule is COc1ccc(OC2(C)CCNCC2)cc1C. The van der Waals surface area contributed by atoms with E-state index in [1.54, 1.807) is 7.11 Å². The molecule has 0 aromatic heterocycles. The maximum absolute atomic E-state index is 6.13. The van der Waals surface area contributed by atoms with Crippen molar-refractivity contribution in [3.63, 3.8) is 0 Å². The van der Waals surface area contributed by atoms with E-state index in [4.69, 9.17) is 9.47 Å². The second-order valence-corrected chi connectivity index (χ2v) is 4.93. The van der Waals surface area contributed by atoms with Crippen molar-refractivity contribution in [2.24, 2.45) is 0 Å². The van der Waals surface area contributed by atoms with E-state index >= 15 is 0 Å². The van der Waals surface area contributed by atoms with E-state index in [9.17, 15) is 0 Å². The molecule has 1 heterocycles. The first-order valence-electron chi connectivity index (χ1n) is 6.17. The van der Waals surface area contributed by atoms with E-state index in [2.05, 4.69) is 12.2 Å². The Labute approximate surface area is 103 Å². The number of hydrogen-bond acceptors (Lipinski definition) is 3. The Kier molecular flexibility index (Phi) is 3.57. The monoisotopic (exact) mass is 235 g/mol. The molecule has 1 fully saturated rings. The molecule has 3 heteroatoms. The third kappa shape index (κ3) is 2.91. The Morgan fingerprint density at radius 2 is 1.94 bits per heavy atom. The van der Waals surface area contributed by atoms with Gasteiger partial charge in [-0.15, -0.1) is 0 Å². The van der Waals surface area contributed by atoms with Gasteiger partial charge >= 0.3 is 0 Å². The molecule has 0 radical (unpaired) electrons. The topological polar surface area (TPSA) is 30.5 Å². The van der Waals surface area contributed by atoms with Gasteiger partial charge in [0, 0.05) is 0 Å². The molecule has 94 valence electrons. The number of nitrogens with one attached hydrogen (secondary N) is 1. The molecule has 1 aliphatic rings. The van der Waals surface area contributed by atoms with Gasteiger partial charge in [-0.25, -0.2) is 0 Å². The molecule has 0 amide bonds. The van der Waals surface area contributed by atoms with Gasteiger partial charge in [-0.1, -0.05) is 0 Å². The van der Waals surface area contributed by atoms with Crippen molar-refractivity contribution in [2.45, 2.75) is 32.3 Å². The van der Waals surface area contributed by atoms with E-state index in [0.29, 0.717) is 0 Å². The number of methoxy groups -OCH3 is 1. The largest absolute Gasteiger partial charge is 0.496 e. The lowest BCUT2D eigenvalue weighted by Gasteiger charge is -2.34. The molecule has 1 aromatic rings. The van der Waals surface area contributed by atoms with Crippen LogP contribution in [0.3, 0.4) is 0 Å². The molecule has 1 aromatic carbocycles. The molecule has 1 saturated heterocycles. The first-order chi connectivity index (χ1) is 8.13. The van der Waals surface area contributed by atoms with Crippen molar-refractivity contribution in [2.75, 3.05) is 20.2 Å². The third-order valence-corrected chi connectivity index (χ3v) is 3.39. The number of hydrogen-bond donors (Lipinski definition) is 1. The fourth-order valence-corrected chi connectivity index (χ4v) is 2.26. The van der Waals surface area contributed by atoms with Crippen LogP contribution in [-0.2, 0) is 0 Å². The van der Waals surface area contributed by atoms with Crippen LogP contribution in [0.2, 0.25) is 0 Å². The molecule has 1 aliphatic heterocycles. The van der Waals surface area contributed by atoms with Gasteiger partial charge in [0.2, 0.25) is 0 Å². The highest BCUT2D eigenvalue weighted by molar-refractivity contribution is 5.39. The second-order valence-electron chi connectivity index (χ2n) is 4.93. The summed E-state index contributed by atoms with van der Waals surface area (Å²) >= 11 is 0. The van der Waals surface area contributed by atoms with Crippen LogP contribution in [0.5, 0.6) is 11.5 Å². The summed E-state index contributed by atoms with van der Waals surface area (Å²) in [5.41, 5.74) is 1.08. The van der Waals surface area contributed by atoms with Gasteiger partial charge in [0.1, 0.15) is 17.1 Å². The van der Waals surface area contributed by atoms with Crippen molar-refractivity contribution in [3.05, 3.63) is 23.8 Å². The number of benzene rings is 1. The lowest BCUT2D eigenvalue weighted by atomic mass is 9.94. The minimum atomic E-state index is -0.0354. The molecule has 0 unspecified atom stereocenters. The van der Waals surface area contributed by atoms with E-state index in [1.807, 2.05) is 25.1 Å². The summed E-state index contributed by atoms with van der Waals surface area (Å²) in [5.74, 6) is 1.85. The first kappa shape index (κ1) is 12.2. The fraction of sp³-hybridized carbons (Fsp3) is 0.571. The minimum absolute atomic E-state index is 0.0354. The van der Waals surface area contributed by atoms with Crippen molar-refractivity contribution >= 4 is 0 Å². The lowest BCUT2D eigenvalue weighted by molar-refractivity contribution is 0.0555. The van der Waals surface area contributed by atoms with Gasteiger partial charge < -0.3 is 14.8 Å². The maximum atomic E-state index is 6.13. The van der Waals surface area contributed by atoms with Crippen LogP contribution >= 0.6 is 0 Å². The second kappa shape index (κ2) is 4.96. The highest BCUT2D eigenvalue weighted by Crippen LogP contribution is 2.29. The van der Waals surface area contributed by atoms with Crippen LogP contribution < -0.4 is 14.8 Å². The Hall–Kier alpha value is -1.22. The van der Waals surface area contributed by atoms with E-state index < -0.39 is 0 Å². The van der Waals surface area contributed by atoms with Crippen LogP contribution in [0.25, 0.3) is 0 Å². The van der Waals surface area contributed by atoms with Crippen LogP contribution in [0.1, 0.15) is 25.3 Å². The highest BCUT2D eigenvalue weighted by Gasteiger charge is 2.28. The van der Waals surface area contributed by atoms with Crippen molar-refractivity contribution < 1.29 is 9.47 Å². The molecule has 0 aliphatic carbocycles. The zero-order chi connectivity index (χ0) is 12.3. The standard InChI is InChI=1S/C14H21NO2/c1-11-10-12(4-5-13(11)16-3)17-14(2)6-8-15-9-7-14/h4-5,10,15H,6-9H2,1-3H3. The summed E-state index contributed by atoms with van der Waals surface area (Å²) in [6.07, 6.45) is 2.11. The summed E-state index contributed by atoms with van der Waals surface area (Å²) < 4.78 is 11.4. The molecule has 0 spiro atoms. The van der Waals surface area contributed by atoms with Crippen LogP contribution in [0.15, 0.2) is 18.2 Å². The molecule has 0 bridgehead atoms. The average Bonchev–Trinajstić information content (AvgIpc) is 2.29. The third-order valence-electron chi connectivity index (χ3n) is 3.39. The summed E-state index contributed by atoms with van der Waals surface area (Å²) in [5, 5.41) is 3.36. The van der Waals surface area contributed by atoms with Gasteiger partial charge in [-0.2, -0.15) is 0 Å². The summed E-state index contributed by atoms with van der Waals surface area (Å²) in [6.45, 7) is 6.29. The Balaban J connectivity index is 2.10. The van der Waals surface area contributed by atoms with Gasteiger partial charge in [0.25, 0.3) is 0 Å². The number of piperidine rings is 1. The average molecular weight is 235 g/mol. The van der Waals surface area contributed by atoms with Crippen LogP contribution in [-0.4, -0.2) is 25.8 Å². The maximum Gasteiger partial charge on any atom is 0.122 e. The van der Waals surface area contributed by atoms with Gasteiger partial charge in [0.05, 0.1) is 7.11 Å². The molecular weight excluding hydrogens is 214 g/mol. The smallest absolute Gasteiger partial charge is 0.122 e. The fourth-order valence-electron chi connectivity index (χ4n) is 2.26. The normalized spacial score (nSPS) is 18.8. The van der Waals surface area contributed by atoms with Crippen LogP contribution in [0.4, 0.5) is 0 Å². The van der Waals surface area contributed by atoms with Gasteiger partial charge in [-0.3, -0.25) is 0 Å². The lowest BCUT2D eigenvalue weighted by Crippen LogP contribution is -2.43. The molecule has 17 heavy (non-hydrogen) atoms.